The standard InChI is InChI=1S/C26H44O3/c1-18(10-9-15-25(3,4)29)23-14-8-13-21(26(23,5)6)12-7-11-20-16-22(27)17-24(28)19(20)2/h7,11-12,18,21-24,27-29H,2,8-10,13-17H2,1,3-6H3/b12-7+,20-11-/t18-,21+,22+,23+,24-/m0/s1. The molecule has 2 rings (SSSR count). The fourth-order valence-electron chi connectivity index (χ4n) is 5.56. The SMILES string of the molecule is C=C1/C(=C\C=C\[C@@H]2CCC[C@H]([C@@H](C)CCCC(C)(C)O)C2(C)C)C[C@@H](O)C[C@@H]1O. The highest BCUT2D eigenvalue weighted by Crippen LogP contribution is 2.50. The van der Waals surface area contributed by atoms with Crippen molar-refractivity contribution in [1.29, 1.82) is 0 Å². The van der Waals surface area contributed by atoms with Crippen LogP contribution in [0.3, 0.4) is 0 Å². The van der Waals surface area contributed by atoms with E-state index in [0.29, 0.717) is 30.6 Å². The van der Waals surface area contributed by atoms with Crippen LogP contribution < -0.4 is 0 Å². The van der Waals surface area contributed by atoms with E-state index in [4.69, 9.17) is 0 Å². The van der Waals surface area contributed by atoms with Crippen LogP contribution in [0.5, 0.6) is 0 Å². The molecule has 0 aromatic rings. The normalized spacial score (nSPS) is 33.4. The van der Waals surface area contributed by atoms with Gasteiger partial charge >= 0.3 is 0 Å². The Balaban J connectivity index is 2.01. The maximum Gasteiger partial charge on any atom is 0.0811 e. The number of rotatable bonds is 7. The van der Waals surface area contributed by atoms with Gasteiger partial charge in [-0.2, -0.15) is 0 Å². The summed E-state index contributed by atoms with van der Waals surface area (Å²) in [5.41, 5.74) is 1.40. The monoisotopic (exact) mass is 404 g/mol. The predicted molar refractivity (Wildman–Crippen MR) is 122 cm³/mol. The van der Waals surface area contributed by atoms with Crippen molar-refractivity contribution in [2.75, 3.05) is 0 Å². The number of aliphatic hydroxyl groups excluding tert-OH is 2. The molecule has 2 saturated carbocycles. The molecule has 0 spiro atoms. The van der Waals surface area contributed by atoms with Crippen LogP contribution in [0, 0.1) is 23.2 Å². The third-order valence-electron chi connectivity index (χ3n) is 7.48. The summed E-state index contributed by atoms with van der Waals surface area (Å²) in [6, 6.07) is 0. The van der Waals surface area contributed by atoms with Crippen molar-refractivity contribution >= 4 is 0 Å². The first-order valence-electron chi connectivity index (χ1n) is 11.6. The molecule has 5 atom stereocenters. The van der Waals surface area contributed by atoms with E-state index < -0.39 is 17.8 Å². The topological polar surface area (TPSA) is 60.7 Å². The zero-order valence-electron chi connectivity index (χ0n) is 19.3. The smallest absolute Gasteiger partial charge is 0.0811 e. The quantitative estimate of drug-likeness (QED) is 0.520. The Kier molecular flexibility index (Phi) is 8.35. The summed E-state index contributed by atoms with van der Waals surface area (Å²) in [5.74, 6) is 1.88. The van der Waals surface area contributed by atoms with Crippen molar-refractivity contribution in [2.45, 2.75) is 104 Å². The minimum absolute atomic E-state index is 0.240. The molecule has 3 heteroatoms. The molecule has 0 aromatic carbocycles. The van der Waals surface area contributed by atoms with E-state index in [1.165, 1.54) is 25.7 Å². The van der Waals surface area contributed by atoms with Crippen LogP contribution in [0.25, 0.3) is 0 Å². The molecule has 0 unspecified atom stereocenters. The van der Waals surface area contributed by atoms with Crippen molar-refractivity contribution in [3.05, 3.63) is 36.0 Å². The van der Waals surface area contributed by atoms with E-state index in [2.05, 4.69) is 39.5 Å². The molecule has 2 aliphatic carbocycles. The largest absolute Gasteiger partial charge is 0.393 e. The maximum absolute atomic E-state index is 10.0. The van der Waals surface area contributed by atoms with Crippen LogP contribution in [-0.2, 0) is 0 Å². The van der Waals surface area contributed by atoms with E-state index in [-0.39, 0.29) is 5.41 Å². The molecule has 166 valence electrons. The van der Waals surface area contributed by atoms with Gasteiger partial charge in [0.25, 0.3) is 0 Å². The van der Waals surface area contributed by atoms with Gasteiger partial charge in [0.05, 0.1) is 17.8 Å². The molecule has 0 aliphatic heterocycles. The molecule has 0 saturated heterocycles. The molecule has 29 heavy (non-hydrogen) atoms. The Labute approximate surface area is 178 Å². The van der Waals surface area contributed by atoms with Crippen LogP contribution in [0.15, 0.2) is 36.0 Å². The van der Waals surface area contributed by atoms with Crippen molar-refractivity contribution in [2.24, 2.45) is 23.2 Å². The third-order valence-corrected chi connectivity index (χ3v) is 7.48. The minimum Gasteiger partial charge on any atom is -0.393 e. The number of hydrogen-bond donors (Lipinski definition) is 3. The zero-order valence-corrected chi connectivity index (χ0v) is 19.3. The van der Waals surface area contributed by atoms with Gasteiger partial charge in [-0.3, -0.25) is 0 Å². The van der Waals surface area contributed by atoms with Gasteiger partial charge < -0.3 is 15.3 Å². The Morgan fingerprint density at radius 2 is 1.93 bits per heavy atom. The summed E-state index contributed by atoms with van der Waals surface area (Å²) >= 11 is 0. The summed E-state index contributed by atoms with van der Waals surface area (Å²) in [6.45, 7) is 15.0. The lowest BCUT2D eigenvalue weighted by atomic mass is 9.58. The van der Waals surface area contributed by atoms with Gasteiger partial charge in [-0.05, 0) is 73.8 Å². The number of aliphatic hydroxyl groups is 3. The van der Waals surface area contributed by atoms with Crippen molar-refractivity contribution in [3.63, 3.8) is 0 Å². The van der Waals surface area contributed by atoms with Crippen LogP contribution in [0.4, 0.5) is 0 Å². The van der Waals surface area contributed by atoms with Gasteiger partial charge in [-0.15, -0.1) is 0 Å². The highest BCUT2D eigenvalue weighted by molar-refractivity contribution is 5.37. The maximum atomic E-state index is 10.0. The van der Waals surface area contributed by atoms with Crippen molar-refractivity contribution in [1.82, 2.24) is 0 Å². The van der Waals surface area contributed by atoms with E-state index in [9.17, 15) is 15.3 Å². The molecule has 0 amide bonds. The lowest BCUT2D eigenvalue weighted by molar-refractivity contribution is 0.0364. The number of hydrogen-bond acceptors (Lipinski definition) is 3. The van der Waals surface area contributed by atoms with Gasteiger partial charge in [-0.1, -0.05) is 64.8 Å². The Hall–Kier alpha value is -0.900. The summed E-state index contributed by atoms with van der Waals surface area (Å²) in [6.07, 6.45) is 13.3. The second-order valence-corrected chi connectivity index (χ2v) is 10.9. The lowest BCUT2D eigenvalue weighted by Crippen LogP contribution is -2.39. The third kappa shape index (κ3) is 6.80. The fourth-order valence-corrected chi connectivity index (χ4v) is 5.56. The molecular formula is C26H44O3. The van der Waals surface area contributed by atoms with Crippen LogP contribution in [0.2, 0.25) is 0 Å². The molecule has 0 aromatic heterocycles. The molecule has 2 aliphatic rings. The van der Waals surface area contributed by atoms with Gasteiger partial charge in [0.15, 0.2) is 0 Å². The fraction of sp³-hybridized carbons (Fsp3) is 0.769. The molecule has 0 bridgehead atoms. The summed E-state index contributed by atoms with van der Waals surface area (Å²) in [7, 11) is 0. The Bertz CT molecular complexity index is 608. The average molecular weight is 405 g/mol. The molecule has 0 heterocycles. The molecule has 0 radical (unpaired) electrons. The van der Waals surface area contributed by atoms with Gasteiger partial charge in [0.2, 0.25) is 0 Å². The van der Waals surface area contributed by atoms with Crippen molar-refractivity contribution in [3.8, 4) is 0 Å². The second-order valence-electron chi connectivity index (χ2n) is 10.9. The van der Waals surface area contributed by atoms with E-state index in [0.717, 1.165) is 24.0 Å². The second kappa shape index (κ2) is 9.94. The summed E-state index contributed by atoms with van der Waals surface area (Å²) < 4.78 is 0. The van der Waals surface area contributed by atoms with Gasteiger partial charge in [0, 0.05) is 6.42 Å². The van der Waals surface area contributed by atoms with Crippen LogP contribution >= 0.6 is 0 Å². The van der Waals surface area contributed by atoms with Gasteiger partial charge in [0.1, 0.15) is 0 Å². The predicted octanol–water partition coefficient (Wildman–Crippen LogP) is 5.56. The first-order chi connectivity index (χ1) is 13.4. The Morgan fingerprint density at radius 1 is 1.24 bits per heavy atom. The van der Waals surface area contributed by atoms with E-state index >= 15 is 0 Å². The molecule has 3 nitrogen and oxygen atoms in total. The molecule has 3 N–H and O–H groups in total. The van der Waals surface area contributed by atoms with Gasteiger partial charge in [-0.25, -0.2) is 0 Å². The number of allylic oxidation sites excluding steroid dienone is 3. The van der Waals surface area contributed by atoms with E-state index in [1.54, 1.807) is 0 Å². The van der Waals surface area contributed by atoms with E-state index in [1.807, 2.05) is 19.9 Å². The first-order valence-corrected chi connectivity index (χ1v) is 11.6. The molecular weight excluding hydrogens is 360 g/mol. The highest BCUT2D eigenvalue weighted by Gasteiger charge is 2.41. The zero-order chi connectivity index (χ0) is 21.8. The average Bonchev–Trinajstić information content (AvgIpc) is 2.58. The van der Waals surface area contributed by atoms with Crippen molar-refractivity contribution < 1.29 is 15.3 Å². The summed E-state index contributed by atoms with van der Waals surface area (Å²) in [5, 5.41) is 30.0. The Morgan fingerprint density at radius 3 is 2.59 bits per heavy atom. The minimum atomic E-state index is -0.626. The van der Waals surface area contributed by atoms with Crippen LogP contribution in [-0.4, -0.2) is 33.1 Å². The molecule has 2 fully saturated rings. The summed E-state index contributed by atoms with van der Waals surface area (Å²) in [4.78, 5) is 0. The highest BCUT2D eigenvalue weighted by atomic mass is 16.3. The van der Waals surface area contributed by atoms with Crippen LogP contribution in [0.1, 0.15) is 86.0 Å². The lowest BCUT2D eigenvalue weighted by Gasteiger charge is -2.47. The first kappa shape index (κ1) is 24.4.